The third-order valence-electron chi connectivity index (χ3n) is 3.12. The van der Waals surface area contributed by atoms with Gasteiger partial charge in [0.15, 0.2) is 12.4 Å². The molecule has 0 saturated heterocycles. The number of pyridine rings is 2. The fourth-order valence-electron chi connectivity index (χ4n) is 2.26. The van der Waals surface area contributed by atoms with Crippen LogP contribution in [0.25, 0.3) is 16.6 Å². The zero-order valence-electron chi connectivity index (χ0n) is 10.1. The summed E-state index contributed by atoms with van der Waals surface area (Å²) in [6.07, 6.45) is 3.76. The van der Waals surface area contributed by atoms with Crippen molar-refractivity contribution in [2.75, 3.05) is 0 Å². The summed E-state index contributed by atoms with van der Waals surface area (Å²) in [6, 6.07) is 13.6. The van der Waals surface area contributed by atoms with Gasteiger partial charge in [-0.15, -0.1) is 0 Å². The molecule has 0 saturated carbocycles. The minimum Gasteiger partial charge on any atom is -0.316 e. The first kappa shape index (κ1) is 10.7. The summed E-state index contributed by atoms with van der Waals surface area (Å²) in [5.74, 6) is 0. The third-order valence-corrected chi connectivity index (χ3v) is 3.12. The molecule has 18 heavy (non-hydrogen) atoms. The summed E-state index contributed by atoms with van der Waals surface area (Å²) in [6.45, 7) is 1.98. The van der Waals surface area contributed by atoms with Crippen LogP contribution in [0.4, 0.5) is 0 Å². The highest BCUT2D eigenvalue weighted by molar-refractivity contribution is 5.83. The molecule has 1 aromatic carbocycles. The van der Waals surface area contributed by atoms with E-state index in [1.807, 2.05) is 66.3 Å². The zero-order valence-corrected chi connectivity index (χ0v) is 10.1. The van der Waals surface area contributed by atoms with Gasteiger partial charge in [0.25, 0.3) is 5.69 Å². The van der Waals surface area contributed by atoms with E-state index in [2.05, 4.69) is 4.98 Å². The second-order valence-corrected chi connectivity index (χ2v) is 4.26. The Hall–Kier alpha value is -2.42. The van der Waals surface area contributed by atoms with Crippen LogP contribution in [0.3, 0.4) is 0 Å². The Morgan fingerprint density at radius 3 is 2.50 bits per heavy atom. The second kappa shape index (κ2) is 4.11. The normalized spacial score (nSPS) is 10.7. The molecule has 2 aromatic heterocycles. The smallest absolute Gasteiger partial charge is 0.316 e. The van der Waals surface area contributed by atoms with Gasteiger partial charge in [-0.05, 0) is 13.0 Å². The van der Waals surface area contributed by atoms with Gasteiger partial charge < -0.3 is 4.98 Å². The van der Waals surface area contributed by atoms with Gasteiger partial charge in [0.1, 0.15) is 0 Å². The molecule has 0 bridgehead atoms. The van der Waals surface area contributed by atoms with Crippen molar-refractivity contribution in [1.82, 2.24) is 4.98 Å². The average molecular weight is 237 g/mol. The van der Waals surface area contributed by atoms with Crippen molar-refractivity contribution in [3.63, 3.8) is 0 Å². The van der Waals surface area contributed by atoms with E-state index >= 15 is 0 Å². The summed E-state index contributed by atoms with van der Waals surface area (Å²) in [5.41, 5.74) is 2.47. The first-order chi connectivity index (χ1) is 8.77. The fraction of sp³-hybridized carbons (Fsp3) is 0.0667. The van der Waals surface area contributed by atoms with Gasteiger partial charge in [0, 0.05) is 28.6 Å². The number of rotatable bonds is 1. The number of nitrogens with zero attached hydrogens (tertiary/aromatic N) is 1. The van der Waals surface area contributed by atoms with Crippen molar-refractivity contribution in [3.05, 3.63) is 70.8 Å². The van der Waals surface area contributed by atoms with Gasteiger partial charge >= 0.3 is 5.56 Å². The van der Waals surface area contributed by atoms with E-state index in [1.165, 1.54) is 0 Å². The number of nitrogens with one attached hydrogen (secondary N) is 1. The standard InChI is InChI=1S/C15H12N2O/c1-11-12-7-3-4-8-13(12)16-15(18)14(11)17-9-5-2-6-10-17/h2-10H,1H3/p+1. The maximum absolute atomic E-state index is 12.2. The molecule has 0 aliphatic rings. The van der Waals surface area contributed by atoms with Gasteiger partial charge in [-0.3, -0.25) is 4.79 Å². The molecule has 0 atom stereocenters. The topological polar surface area (TPSA) is 36.7 Å². The van der Waals surface area contributed by atoms with Crippen molar-refractivity contribution in [1.29, 1.82) is 0 Å². The van der Waals surface area contributed by atoms with E-state index in [9.17, 15) is 4.79 Å². The Morgan fingerprint density at radius 1 is 1.00 bits per heavy atom. The molecule has 3 nitrogen and oxygen atoms in total. The van der Waals surface area contributed by atoms with Crippen LogP contribution in [-0.4, -0.2) is 4.98 Å². The molecule has 0 radical (unpaired) electrons. The molecule has 0 fully saturated rings. The summed E-state index contributed by atoms with van der Waals surface area (Å²) in [4.78, 5) is 15.1. The molecule has 88 valence electrons. The van der Waals surface area contributed by atoms with Gasteiger partial charge in [-0.25, -0.2) is 0 Å². The molecule has 0 spiro atoms. The van der Waals surface area contributed by atoms with E-state index in [0.29, 0.717) is 5.69 Å². The molecular weight excluding hydrogens is 224 g/mol. The molecule has 2 heterocycles. The molecule has 0 unspecified atom stereocenters. The number of aryl methyl sites for hydroxylation is 1. The predicted molar refractivity (Wildman–Crippen MR) is 70.8 cm³/mol. The minimum absolute atomic E-state index is 0.0672. The third kappa shape index (κ3) is 1.61. The zero-order chi connectivity index (χ0) is 12.5. The number of benzene rings is 1. The molecule has 3 heteroatoms. The van der Waals surface area contributed by atoms with Crippen molar-refractivity contribution in [3.8, 4) is 5.69 Å². The van der Waals surface area contributed by atoms with Crippen molar-refractivity contribution in [2.24, 2.45) is 0 Å². The lowest BCUT2D eigenvalue weighted by Gasteiger charge is -2.03. The van der Waals surface area contributed by atoms with Crippen LogP contribution in [0.1, 0.15) is 5.56 Å². The Kier molecular flexibility index (Phi) is 2.45. The van der Waals surface area contributed by atoms with Gasteiger partial charge in [-0.1, -0.05) is 24.3 Å². The van der Waals surface area contributed by atoms with Crippen molar-refractivity contribution < 1.29 is 4.57 Å². The minimum atomic E-state index is -0.0672. The van der Waals surface area contributed by atoms with Crippen LogP contribution in [0.15, 0.2) is 59.7 Å². The quantitative estimate of drug-likeness (QED) is 0.647. The highest BCUT2D eigenvalue weighted by Crippen LogP contribution is 2.16. The summed E-state index contributed by atoms with van der Waals surface area (Å²) < 4.78 is 1.85. The summed E-state index contributed by atoms with van der Waals surface area (Å²) in [5, 5.41) is 1.07. The van der Waals surface area contributed by atoms with Gasteiger partial charge in [0.05, 0.1) is 0 Å². The maximum atomic E-state index is 12.2. The van der Waals surface area contributed by atoms with Crippen LogP contribution in [0, 0.1) is 6.92 Å². The number of H-pyrrole nitrogens is 1. The number of para-hydroxylation sites is 1. The highest BCUT2D eigenvalue weighted by Gasteiger charge is 2.16. The molecule has 0 aliphatic carbocycles. The lowest BCUT2D eigenvalue weighted by molar-refractivity contribution is -0.597. The van der Waals surface area contributed by atoms with Crippen molar-refractivity contribution in [2.45, 2.75) is 6.92 Å². The van der Waals surface area contributed by atoms with E-state index in [-0.39, 0.29) is 5.56 Å². The van der Waals surface area contributed by atoms with E-state index < -0.39 is 0 Å². The van der Waals surface area contributed by atoms with E-state index in [0.717, 1.165) is 16.5 Å². The van der Waals surface area contributed by atoms with Gasteiger partial charge in [0.2, 0.25) is 0 Å². The number of aromatic amines is 1. The van der Waals surface area contributed by atoms with E-state index in [1.54, 1.807) is 0 Å². The van der Waals surface area contributed by atoms with Crippen LogP contribution in [0.5, 0.6) is 0 Å². The maximum Gasteiger partial charge on any atom is 0.321 e. The molecule has 1 N–H and O–H groups in total. The first-order valence-corrected chi connectivity index (χ1v) is 5.85. The van der Waals surface area contributed by atoms with Crippen LogP contribution in [-0.2, 0) is 0 Å². The van der Waals surface area contributed by atoms with Crippen molar-refractivity contribution >= 4 is 10.9 Å². The van der Waals surface area contributed by atoms with Crippen LogP contribution < -0.4 is 10.1 Å². The monoisotopic (exact) mass is 237 g/mol. The lowest BCUT2D eigenvalue weighted by atomic mass is 10.1. The number of aromatic nitrogens is 2. The Bertz CT molecular complexity index is 760. The molecule has 3 aromatic rings. The molecule has 0 amide bonds. The number of hydrogen-bond acceptors (Lipinski definition) is 1. The summed E-state index contributed by atoms with van der Waals surface area (Å²) >= 11 is 0. The highest BCUT2D eigenvalue weighted by atomic mass is 16.1. The number of fused-ring (bicyclic) bond motifs is 1. The SMILES string of the molecule is Cc1c(-[n+]2ccccc2)c(=O)[nH]c2ccccc12. The Labute approximate surface area is 104 Å². The first-order valence-electron chi connectivity index (χ1n) is 5.85. The average Bonchev–Trinajstić information content (AvgIpc) is 2.40. The van der Waals surface area contributed by atoms with Gasteiger partial charge in [-0.2, -0.15) is 4.57 Å². The lowest BCUT2D eigenvalue weighted by Crippen LogP contribution is -2.37. The van der Waals surface area contributed by atoms with E-state index in [4.69, 9.17) is 0 Å². The second-order valence-electron chi connectivity index (χ2n) is 4.26. The largest absolute Gasteiger partial charge is 0.321 e. The molecule has 0 aliphatic heterocycles. The molecule has 3 rings (SSSR count). The van der Waals surface area contributed by atoms with Crippen LogP contribution >= 0.6 is 0 Å². The fourth-order valence-corrected chi connectivity index (χ4v) is 2.26. The number of hydrogen-bond donors (Lipinski definition) is 1. The predicted octanol–water partition coefficient (Wildman–Crippen LogP) is 2.11. The Morgan fingerprint density at radius 2 is 1.72 bits per heavy atom. The van der Waals surface area contributed by atoms with Crippen LogP contribution in [0.2, 0.25) is 0 Å². The molecular formula is C15H13N2O+. The summed E-state index contributed by atoms with van der Waals surface area (Å²) in [7, 11) is 0. The Balaban J connectivity index is 2.41.